The van der Waals surface area contributed by atoms with E-state index >= 15 is 0 Å². The first-order chi connectivity index (χ1) is 22.7. The minimum atomic E-state index is -1.20. The van der Waals surface area contributed by atoms with Crippen LogP contribution in [0.2, 0.25) is 0 Å². The monoisotopic (exact) mass is 655 g/mol. The molecule has 1 amide bonds. The average Bonchev–Trinajstić information content (AvgIpc) is 3.09. The third-order valence-electron chi connectivity index (χ3n) is 8.19. The number of hydrogen-bond acceptors (Lipinski definition) is 7. The second-order valence-electron chi connectivity index (χ2n) is 11.6. The third kappa shape index (κ3) is 10.4. The van der Waals surface area contributed by atoms with E-state index in [1.165, 1.54) is 71.2 Å². The number of aryl methyl sites for hydroxylation is 1. The molecule has 1 saturated carbocycles. The second-order valence-corrected chi connectivity index (χ2v) is 12.8. The number of carboxylic acids is 1. The van der Waals surface area contributed by atoms with Gasteiger partial charge < -0.3 is 15.1 Å². The van der Waals surface area contributed by atoms with Crippen LogP contribution in [0.15, 0.2) is 95.9 Å². The van der Waals surface area contributed by atoms with Crippen LogP contribution in [0.3, 0.4) is 0 Å². The number of amides is 1. The van der Waals surface area contributed by atoms with Crippen LogP contribution in [0.4, 0.5) is 11.4 Å². The first-order valence-corrected chi connectivity index (χ1v) is 16.5. The fourth-order valence-corrected chi connectivity index (χ4v) is 6.38. The van der Waals surface area contributed by atoms with Crippen molar-refractivity contribution in [2.24, 2.45) is 0 Å². The number of nitro groups is 1. The van der Waals surface area contributed by atoms with Crippen molar-refractivity contribution < 1.29 is 24.7 Å². The normalized spacial score (nSPS) is 13.0. The Hall–Kier alpha value is -4.67. The Morgan fingerprint density at radius 1 is 0.915 bits per heavy atom. The van der Waals surface area contributed by atoms with Crippen LogP contribution in [-0.2, 0) is 17.9 Å². The van der Waals surface area contributed by atoms with Crippen molar-refractivity contribution >= 4 is 35.7 Å². The quantitative estimate of drug-likeness (QED) is 0.0672. The fraction of sp³-hybridized carbons (Fsp3) is 0.297. The molecule has 4 aromatic rings. The van der Waals surface area contributed by atoms with Gasteiger partial charge >= 0.3 is 5.97 Å². The number of carbonyl (C=O) groups excluding carboxylic acids is 1. The molecule has 0 radical (unpaired) electrons. The number of nitro benzene ring substituents is 1. The van der Waals surface area contributed by atoms with Crippen LogP contribution in [0.1, 0.15) is 77.6 Å². The van der Waals surface area contributed by atoms with Gasteiger partial charge in [0.25, 0.3) is 5.69 Å². The summed E-state index contributed by atoms with van der Waals surface area (Å²) in [6.45, 7) is 6.19. The summed E-state index contributed by atoms with van der Waals surface area (Å²) in [5.41, 5.74) is 5.07. The highest BCUT2D eigenvalue weighted by molar-refractivity contribution is 7.97. The number of carboxylic acid groups (broad SMARTS) is 1. The lowest BCUT2D eigenvalue weighted by Crippen LogP contribution is -2.20. The second kappa shape index (κ2) is 17.3. The Bertz CT molecular complexity index is 1620. The number of hydrogen-bond donors (Lipinski definition) is 2. The number of rotatable bonds is 12. The van der Waals surface area contributed by atoms with Crippen molar-refractivity contribution in [3.63, 3.8) is 0 Å². The van der Waals surface area contributed by atoms with Crippen LogP contribution < -0.4 is 4.90 Å². The lowest BCUT2D eigenvalue weighted by atomic mass is 9.84. The van der Waals surface area contributed by atoms with Crippen molar-refractivity contribution in [3.05, 3.63) is 129 Å². The molecule has 0 spiro atoms. The third-order valence-corrected chi connectivity index (χ3v) is 9.32. The summed E-state index contributed by atoms with van der Waals surface area (Å²) >= 11 is 1.70. The highest BCUT2D eigenvalue weighted by Crippen LogP contribution is 2.33. The Morgan fingerprint density at radius 2 is 1.53 bits per heavy atom. The van der Waals surface area contributed by atoms with Crippen molar-refractivity contribution in [2.45, 2.75) is 69.9 Å². The van der Waals surface area contributed by atoms with Gasteiger partial charge in [-0.15, -0.1) is 0 Å². The predicted octanol–water partition coefficient (Wildman–Crippen LogP) is 8.73. The summed E-state index contributed by atoms with van der Waals surface area (Å²) in [4.78, 5) is 35.4. The van der Waals surface area contributed by atoms with Gasteiger partial charge in [0.2, 0.25) is 6.41 Å². The van der Waals surface area contributed by atoms with E-state index in [0.717, 1.165) is 24.2 Å². The first-order valence-electron chi connectivity index (χ1n) is 15.8. The molecule has 9 nitrogen and oxygen atoms in total. The van der Waals surface area contributed by atoms with Gasteiger partial charge in [0.1, 0.15) is 11.3 Å². The van der Waals surface area contributed by atoms with Gasteiger partial charge in [0, 0.05) is 41.9 Å². The lowest BCUT2D eigenvalue weighted by Gasteiger charge is -2.23. The molecule has 1 aliphatic rings. The topological polar surface area (TPSA) is 124 Å². The summed E-state index contributed by atoms with van der Waals surface area (Å²) in [7, 11) is 0. The van der Waals surface area contributed by atoms with Crippen LogP contribution in [0, 0.1) is 17.0 Å². The number of aromatic carboxylic acids is 1. The van der Waals surface area contributed by atoms with Crippen LogP contribution in [-0.4, -0.2) is 38.4 Å². The van der Waals surface area contributed by atoms with Crippen LogP contribution in [0.5, 0.6) is 5.75 Å². The van der Waals surface area contributed by atoms with Gasteiger partial charge in [-0.1, -0.05) is 80.3 Å². The number of nitrogens with zero attached hydrogens (tertiary/aromatic N) is 3. The Labute approximate surface area is 280 Å². The summed E-state index contributed by atoms with van der Waals surface area (Å²) in [5.74, 6) is -0.917. The number of non-ortho nitro benzene ring substituents is 1. The van der Waals surface area contributed by atoms with E-state index < -0.39 is 5.97 Å². The maximum absolute atomic E-state index is 11.5. The van der Waals surface area contributed by atoms with E-state index in [9.17, 15) is 24.8 Å². The number of phenols is 1. The van der Waals surface area contributed by atoms with Gasteiger partial charge in [-0.25, -0.2) is 9.10 Å². The molecule has 0 bridgehead atoms. The summed E-state index contributed by atoms with van der Waals surface area (Å²) < 4.78 is 2.23. The molecule has 5 rings (SSSR count). The number of aromatic hydroxyl groups is 1. The van der Waals surface area contributed by atoms with E-state index in [0.29, 0.717) is 24.6 Å². The van der Waals surface area contributed by atoms with Gasteiger partial charge in [-0.3, -0.25) is 14.9 Å². The summed E-state index contributed by atoms with van der Waals surface area (Å²) in [5, 5.41) is 29.5. The van der Waals surface area contributed by atoms with Gasteiger partial charge in [0.15, 0.2) is 0 Å². The molecular formula is C37H41N3O6S. The van der Waals surface area contributed by atoms with Crippen molar-refractivity contribution in [3.8, 4) is 5.75 Å². The maximum atomic E-state index is 11.5. The number of anilines is 1. The predicted molar refractivity (Wildman–Crippen MR) is 186 cm³/mol. The summed E-state index contributed by atoms with van der Waals surface area (Å²) in [6, 6.07) is 27.6. The zero-order valence-electron chi connectivity index (χ0n) is 26.7. The van der Waals surface area contributed by atoms with Gasteiger partial charge in [-0.05, 0) is 78.6 Å². The molecule has 47 heavy (non-hydrogen) atoms. The van der Waals surface area contributed by atoms with E-state index in [1.807, 2.05) is 24.3 Å². The Morgan fingerprint density at radius 3 is 2.09 bits per heavy atom. The molecule has 0 heterocycles. The minimum Gasteiger partial charge on any atom is -0.507 e. The van der Waals surface area contributed by atoms with Crippen molar-refractivity contribution in [1.82, 2.24) is 4.31 Å². The van der Waals surface area contributed by atoms with Gasteiger partial charge in [0.05, 0.1) is 11.5 Å². The molecule has 1 aliphatic carbocycles. The van der Waals surface area contributed by atoms with E-state index in [4.69, 9.17) is 5.11 Å². The van der Waals surface area contributed by atoms with E-state index in [2.05, 4.69) is 54.6 Å². The zero-order valence-corrected chi connectivity index (χ0v) is 27.6. The molecule has 0 unspecified atom stereocenters. The van der Waals surface area contributed by atoms with Crippen molar-refractivity contribution in [1.29, 1.82) is 0 Å². The summed E-state index contributed by atoms with van der Waals surface area (Å²) in [6.07, 6.45) is 7.09. The first kappa shape index (κ1) is 35.2. The van der Waals surface area contributed by atoms with E-state index in [-0.39, 0.29) is 21.9 Å². The van der Waals surface area contributed by atoms with Crippen LogP contribution in [0.25, 0.3) is 0 Å². The SMILES string of the molecule is CCN(Cc1ccc([N+](=O)[O-])cc1)Sc1ccc(C)cc1.O=CN(Cc1ccc(C2CCCCC2)cc1)c1ccc(C(=O)O)c(O)c1. The standard InChI is InChI=1S/C21H23NO4.C16H18N2O2S/c23-14-22(18-10-11-19(21(25)26)20(24)12-18)13-15-6-8-17(9-7-15)16-4-2-1-3-5-16;1-3-17(21-16-10-4-13(2)5-11-16)12-14-6-8-15(9-7-14)18(19)20/h6-12,14,16,24H,1-5,13H2,(H,25,26);4-11H,3,12H2,1-2H3. The molecule has 10 heteroatoms. The molecule has 0 aliphatic heterocycles. The molecular weight excluding hydrogens is 614 g/mol. The molecule has 1 fully saturated rings. The highest BCUT2D eigenvalue weighted by Gasteiger charge is 2.17. The molecule has 4 aromatic carbocycles. The minimum absolute atomic E-state index is 0.132. The van der Waals surface area contributed by atoms with E-state index in [1.54, 1.807) is 24.1 Å². The zero-order chi connectivity index (χ0) is 33.8. The lowest BCUT2D eigenvalue weighted by molar-refractivity contribution is -0.384. The van der Waals surface area contributed by atoms with Crippen LogP contribution >= 0.6 is 11.9 Å². The fourth-order valence-electron chi connectivity index (χ4n) is 5.48. The smallest absolute Gasteiger partial charge is 0.339 e. The maximum Gasteiger partial charge on any atom is 0.339 e. The number of carbonyl (C=O) groups is 2. The van der Waals surface area contributed by atoms with Gasteiger partial charge in [-0.2, -0.15) is 0 Å². The van der Waals surface area contributed by atoms with Crippen molar-refractivity contribution in [2.75, 3.05) is 11.4 Å². The largest absolute Gasteiger partial charge is 0.507 e. The molecule has 0 saturated heterocycles. The molecule has 246 valence electrons. The Kier molecular flexibility index (Phi) is 13.0. The number of benzene rings is 4. The molecule has 0 atom stereocenters. The average molecular weight is 656 g/mol. The highest BCUT2D eigenvalue weighted by atomic mass is 32.2. The molecule has 2 N–H and O–H groups in total. The Balaban J connectivity index is 0.000000218. The molecule has 0 aromatic heterocycles.